The number of hydrogen-bond donors (Lipinski definition) is 5. The van der Waals surface area contributed by atoms with Crippen LogP contribution in [-0.2, 0) is 5.79 Å². The fourth-order valence-corrected chi connectivity index (χ4v) is 0.903. The first-order valence-corrected chi connectivity index (χ1v) is 3.80. The van der Waals surface area contributed by atoms with E-state index in [0.717, 1.165) is 0 Å². The lowest BCUT2D eigenvalue weighted by Gasteiger charge is -2.32. The zero-order valence-electron chi connectivity index (χ0n) is 7.10. The van der Waals surface area contributed by atoms with Gasteiger partial charge in [-0.2, -0.15) is 0 Å². The minimum Gasteiger partial charge on any atom is -0.361 e. The molecule has 1 heterocycles. The van der Waals surface area contributed by atoms with Crippen molar-refractivity contribution in [1.82, 2.24) is 9.97 Å². The van der Waals surface area contributed by atoms with Crippen molar-refractivity contribution < 1.29 is 20.4 Å². The third-order valence-corrected chi connectivity index (χ3v) is 1.91. The summed E-state index contributed by atoms with van der Waals surface area (Å²) in [6, 6.07) is 0. The molecule has 0 aliphatic rings. The first kappa shape index (κ1) is 10.1. The van der Waals surface area contributed by atoms with Gasteiger partial charge in [-0.05, 0) is 0 Å². The molecule has 0 aliphatic heterocycles. The molecule has 74 valence electrons. The molecule has 6 nitrogen and oxygen atoms in total. The van der Waals surface area contributed by atoms with Gasteiger partial charge in [0.1, 0.15) is 5.69 Å². The highest BCUT2D eigenvalue weighted by atomic mass is 16.6. The van der Waals surface area contributed by atoms with E-state index in [1.54, 1.807) is 0 Å². The third-order valence-electron chi connectivity index (χ3n) is 1.91. The minimum absolute atomic E-state index is 0.229. The summed E-state index contributed by atoms with van der Waals surface area (Å²) in [4.78, 5) is 6.01. The van der Waals surface area contributed by atoms with E-state index in [1.807, 2.05) is 0 Å². The molecule has 0 spiro atoms. The molecular weight excluding hydrogens is 176 g/mol. The number of rotatable bonds is 3. The number of nitrogens with one attached hydrogen (secondary N) is 1. The van der Waals surface area contributed by atoms with Crippen molar-refractivity contribution in [2.45, 2.75) is 24.9 Å². The lowest BCUT2D eigenvalue weighted by Crippen LogP contribution is -2.51. The van der Waals surface area contributed by atoms with Crippen LogP contribution in [0.2, 0.25) is 0 Å². The van der Waals surface area contributed by atoms with Crippen LogP contribution in [0.15, 0.2) is 12.5 Å². The van der Waals surface area contributed by atoms with Crippen LogP contribution in [0.1, 0.15) is 19.0 Å². The highest BCUT2D eigenvalue weighted by Crippen LogP contribution is 2.29. The Morgan fingerprint density at radius 1 is 1.38 bits per heavy atom. The van der Waals surface area contributed by atoms with Gasteiger partial charge in [-0.25, -0.2) is 4.98 Å². The standard InChI is InChI=1S/C7H12N2O4/c1-2-6(10,11)7(12,13)5-3-8-4-9-5/h3-4,10-13H,2H2,1H3,(H,8,9). The van der Waals surface area contributed by atoms with Gasteiger partial charge in [-0.1, -0.05) is 6.92 Å². The average Bonchev–Trinajstić information content (AvgIpc) is 2.56. The summed E-state index contributed by atoms with van der Waals surface area (Å²) in [5.74, 6) is -5.37. The van der Waals surface area contributed by atoms with Crippen molar-refractivity contribution in [1.29, 1.82) is 0 Å². The maximum atomic E-state index is 9.38. The number of hydrogen-bond acceptors (Lipinski definition) is 5. The van der Waals surface area contributed by atoms with Crippen molar-refractivity contribution in [3.63, 3.8) is 0 Å². The summed E-state index contributed by atoms with van der Waals surface area (Å²) in [5.41, 5.74) is -0.237. The zero-order valence-corrected chi connectivity index (χ0v) is 7.10. The Morgan fingerprint density at radius 3 is 2.38 bits per heavy atom. The summed E-state index contributed by atoms with van der Waals surface area (Å²) in [6.45, 7) is 1.41. The quantitative estimate of drug-likeness (QED) is 0.376. The zero-order chi connectivity index (χ0) is 10.1. The topological polar surface area (TPSA) is 110 Å². The molecule has 0 saturated heterocycles. The molecule has 1 rings (SSSR count). The second-order valence-corrected chi connectivity index (χ2v) is 2.80. The fourth-order valence-electron chi connectivity index (χ4n) is 0.903. The van der Waals surface area contributed by atoms with Crippen LogP contribution in [0.5, 0.6) is 0 Å². The van der Waals surface area contributed by atoms with Crippen molar-refractivity contribution >= 4 is 0 Å². The normalized spacial score (nSPS) is 13.3. The smallest absolute Gasteiger partial charge is 0.264 e. The number of aliphatic hydroxyl groups is 4. The van der Waals surface area contributed by atoms with Crippen LogP contribution >= 0.6 is 0 Å². The molecular formula is C7H12N2O4. The van der Waals surface area contributed by atoms with E-state index in [1.165, 1.54) is 19.4 Å². The summed E-state index contributed by atoms with van der Waals surface area (Å²) < 4.78 is 0. The van der Waals surface area contributed by atoms with E-state index in [9.17, 15) is 20.4 Å². The van der Waals surface area contributed by atoms with E-state index in [0.29, 0.717) is 0 Å². The molecule has 13 heavy (non-hydrogen) atoms. The Morgan fingerprint density at radius 2 is 2.00 bits per heavy atom. The number of H-pyrrole nitrogens is 1. The average molecular weight is 188 g/mol. The molecule has 0 aliphatic carbocycles. The lowest BCUT2D eigenvalue weighted by molar-refractivity contribution is -0.368. The first-order chi connectivity index (χ1) is 5.92. The van der Waals surface area contributed by atoms with Crippen molar-refractivity contribution in [3.05, 3.63) is 18.2 Å². The minimum atomic E-state index is -2.76. The van der Waals surface area contributed by atoms with Gasteiger partial charge in [0.2, 0.25) is 5.79 Å². The van der Waals surface area contributed by atoms with E-state index >= 15 is 0 Å². The first-order valence-electron chi connectivity index (χ1n) is 3.80. The van der Waals surface area contributed by atoms with Crippen LogP contribution in [0.25, 0.3) is 0 Å². The van der Waals surface area contributed by atoms with Crippen LogP contribution < -0.4 is 0 Å². The molecule has 5 N–H and O–H groups in total. The van der Waals surface area contributed by atoms with Gasteiger partial charge in [-0.3, -0.25) is 0 Å². The van der Waals surface area contributed by atoms with Crippen molar-refractivity contribution in [3.8, 4) is 0 Å². The molecule has 1 aromatic heterocycles. The maximum Gasteiger partial charge on any atom is 0.264 e. The Balaban J connectivity index is 3.02. The fraction of sp³-hybridized carbons (Fsp3) is 0.571. The number of aromatic nitrogens is 2. The van der Waals surface area contributed by atoms with Crippen LogP contribution in [0.4, 0.5) is 0 Å². The van der Waals surface area contributed by atoms with Gasteiger partial charge in [-0.15, -0.1) is 0 Å². The van der Waals surface area contributed by atoms with E-state index in [2.05, 4.69) is 9.97 Å². The summed E-state index contributed by atoms with van der Waals surface area (Å²) in [7, 11) is 0. The van der Waals surface area contributed by atoms with Crippen LogP contribution in [0.3, 0.4) is 0 Å². The van der Waals surface area contributed by atoms with Gasteiger partial charge in [0.15, 0.2) is 0 Å². The number of nitrogens with zero attached hydrogens (tertiary/aromatic N) is 1. The molecule has 0 bridgehead atoms. The molecule has 0 saturated carbocycles. The molecule has 0 amide bonds. The van der Waals surface area contributed by atoms with E-state index in [4.69, 9.17) is 0 Å². The maximum absolute atomic E-state index is 9.38. The molecule has 0 unspecified atom stereocenters. The summed E-state index contributed by atoms with van der Waals surface area (Å²) >= 11 is 0. The van der Waals surface area contributed by atoms with Crippen LogP contribution in [-0.4, -0.2) is 36.2 Å². The third kappa shape index (κ3) is 1.56. The largest absolute Gasteiger partial charge is 0.361 e. The second kappa shape index (κ2) is 3.08. The SMILES string of the molecule is CCC(O)(O)C(O)(O)c1c[nH]cn1. The Labute approximate surface area is 74.5 Å². The summed E-state index contributed by atoms with van der Waals surface area (Å²) in [5, 5.41) is 37.2. The predicted octanol–water partition coefficient (Wildman–Crippen LogP) is -1.36. The number of aromatic amines is 1. The lowest BCUT2D eigenvalue weighted by atomic mass is 10.0. The van der Waals surface area contributed by atoms with Gasteiger partial charge in [0.25, 0.3) is 5.79 Å². The Kier molecular flexibility index (Phi) is 2.40. The van der Waals surface area contributed by atoms with Crippen LogP contribution in [0, 0.1) is 0 Å². The van der Waals surface area contributed by atoms with Gasteiger partial charge >= 0.3 is 0 Å². The Hall–Kier alpha value is -0.950. The van der Waals surface area contributed by atoms with Crippen molar-refractivity contribution in [2.24, 2.45) is 0 Å². The predicted molar refractivity (Wildman–Crippen MR) is 42.2 cm³/mol. The highest BCUT2D eigenvalue weighted by Gasteiger charge is 2.48. The second-order valence-electron chi connectivity index (χ2n) is 2.80. The highest BCUT2D eigenvalue weighted by molar-refractivity contribution is 5.07. The molecule has 0 atom stereocenters. The van der Waals surface area contributed by atoms with E-state index < -0.39 is 11.6 Å². The van der Waals surface area contributed by atoms with Gasteiger partial charge in [0, 0.05) is 12.6 Å². The monoisotopic (exact) mass is 188 g/mol. The molecule has 6 heteroatoms. The number of imidazole rings is 1. The molecule has 0 aromatic carbocycles. The Bertz CT molecular complexity index is 268. The molecule has 1 aromatic rings. The molecule has 0 fully saturated rings. The molecule has 0 radical (unpaired) electrons. The van der Waals surface area contributed by atoms with Gasteiger partial charge < -0.3 is 25.4 Å². The van der Waals surface area contributed by atoms with E-state index in [-0.39, 0.29) is 12.1 Å². The van der Waals surface area contributed by atoms with Gasteiger partial charge in [0.05, 0.1) is 6.33 Å². The van der Waals surface area contributed by atoms with Crippen molar-refractivity contribution in [2.75, 3.05) is 0 Å². The summed E-state index contributed by atoms with van der Waals surface area (Å²) in [6.07, 6.45) is 2.16.